The molecule has 4 rings (SSSR count). The van der Waals surface area contributed by atoms with E-state index < -0.39 is 40.6 Å². The van der Waals surface area contributed by atoms with Crippen molar-refractivity contribution in [2.45, 2.75) is 49.9 Å². The third-order valence-corrected chi connectivity index (χ3v) is 7.92. The zero-order valence-corrected chi connectivity index (χ0v) is 22.5. The zero-order valence-electron chi connectivity index (χ0n) is 20.2. The molecule has 1 atom stereocenters. The summed E-state index contributed by atoms with van der Waals surface area (Å²) in [4.78, 5) is 17.3. The number of carbonyl (C=O) groups is 1. The van der Waals surface area contributed by atoms with Gasteiger partial charge < -0.3 is 0 Å². The zero-order chi connectivity index (χ0) is 28.8. The number of halogens is 9. The van der Waals surface area contributed by atoms with Gasteiger partial charge in [0.1, 0.15) is 0 Å². The van der Waals surface area contributed by atoms with Crippen molar-refractivity contribution in [2.75, 3.05) is 0 Å². The maximum Gasteiger partial charge on any atom is 0.417 e. The highest BCUT2D eigenvalue weighted by molar-refractivity contribution is 6.48. The molecule has 0 saturated heterocycles. The third kappa shape index (κ3) is 6.61. The third-order valence-electron chi connectivity index (χ3n) is 6.72. The Kier molecular flexibility index (Phi) is 8.14. The Bertz CT molecular complexity index is 1400. The van der Waals surface area contributed by atoms with Gasteiger partial charge in [0, 0.05) is 29.3 Å². The summed E-state index contributed by atoms with van der Waals surface area (Å²) >= 11 is 17.6. The molecule has 0 spiro atoms. The van der Waals surface area contributed by atoms with E-state index in [0.717, 1.165) is 35.5 Å². The number of carbonyl (C=O) groups excluding carboxylic acids is 1. The van der Waals surface area contributed by atoms with Crippen LogP contribution < -0.4 is 0 Å². The first-order valence-corrected chi connectivity index (χ1v) is 12.8. The van der Waals surface area contributed by atoms with Crippen molar-refractivity contribution in [2.24, 2.45) is 0 Å². The lowest BCUT2D eigenvalue weighted by Gasteiger charge is -2.19. The average Bonchev–Trinajstić information content (AvgIpc) is 3.61. The molecule has 0 radical (unpaired) electrons. The fraction of sp³-hybridized carbons (Fsp3) is 0.286. The number of ketones is 1. The van der Waals surface area contributed by atoms with E-state index >= 15 is 0 Å². The minimum atomic E-state index is -4.91. The first-order valence-electron chi connectivity index (χ1n) is 11.7. The summed E-state index contributed by atoms with van der Waals surface area (Å²) in [7, 11) is 0. The van der Waals surface area contributed by atoms with Crippen LogP contribution >= 0.6 is 34.8 Å². The molecule has 1 saturated carbocycles. The lowest BCUT2D eigenvalue weighted by atomic mass is 9.87. The molecule has 1 unspecified atom stereocenters. The van der Waals surface area contributed by atoms with E-state index in [9.17, 15) is 31.1 Å². The van der Waals surface area contributed by atoms with Gasteiger partial charge in [0.15, 0.2) is 5.78 Å². The lowest BCUT2D eigenvalue weighted by Crippen LogP contribution is -2.19. The predicted octanol–water partition coefficient (Wildman–Crippen LogP) is 10.0. The molecular weight excluding hydrogens is 587 g/mol. The molecule has 39 heavy (non-hydrogen) atoms. The van der Waals surface area contributed by atoms with Crippen molar-refractivity contribution in [1.29, 1.82) is 0 Å². The molecule has 0 N–H and O–H groups in total. The van der Waals surface area contributed by atoms with Crippen LogP contribution in [0.1, 0.15) is 63.5 Å². The van der Waals surface area contributed by atoms with Gasteiger partial charge in [0.25, 0.3) is 0 Å². The average molecular weight is 607 g/mol. The Morgan fingerprint density at radius 3 is 2.15 bits per heavy atom. The van der Waals surface area contributed by atoms with E-state index in [0.29, 0.717) is 25.0 Å². The number of alkyl halides is 6. The summed E-state index contributed by atoms with van der Waals surface area (Å²) < 4.78 is 83.4. The monoisotopic (exact) mass is 605 g/mol. The maximum absolute atomic E-state index is 14.0. The second-order valence-electron chi connectivity index (χ2n) is 9.55. The molecule has 1 aliphatic carbocycles. The second kappa shape index (κ2) is 10.8. The van der Waals surface area contributed by atoms with Crippen LogP contribution in [0.5, 0.6) is 0 Å². The van der Waals surface area contributed by atoms with E-state index in [1.54, 1.807) is 19.2 Å². The van der Waals surface area contributed by atoms with Crippen LogP contribution in [0.4, 0.5) is 26.3 Å². The summed E-state index contributed by atoms with van der Waals surface area (Å²) in [5.74, 6) is -2.92. The number of rotatable bonds is 7. The summed E-state index contributed by atoms with van der Waals surface area (Å²) in [5.41, 5.74) is -1.25. The molecular formula is C28H20Cl3F6NO. The largest absolute Gasteiger partial charge is 0.417 e. The molecule has 3 aromatic rings. The van der Waals surface area contributed by atoms with Crippen LogP contribution in [0.15, 0.2) is 54.7 Å². The summed E-state index contributed by atoms with van der Waals surface area (Å²) in [6.07, 6.45) is -5.31. The number of aromatic nitrogens is 1. The Labute approximate surface area is 235 Å². The Balaban J connectivity index is 1.65. The topological polar surface area (TPSA) is 30.0 Å². The van der Waals surface area contributed by atoms with Crippen LogP contribution in [0.3, 0.4) is 0 Å². The molecule has 0 amide bonds. The van der Waals surface area contributed by atoms with E-state index in [1.807, 2.05) is 6.07 Å². The van der Waals surface area contributed by atoms with Crippen molar-refractivity contribution in [3.8, 4) is 0 Å². The summed E-state index contributed by atoms with van der Waals surface area (Å²) in [5, 5.41) is -0.508. The first-order chi connectivity index (χ1) is 18.1. The lowest BCUT2D eigenvalue weighted by molar-refractivity contribution is -0.139. The van der Waals surface area contributed by atoms with E-state index in [4.69, 9.17) is 34.8 Å². The standard InChI is InChI=1S/C28H20Cl3F6NO/c1-15-2-5-18(14-38-15)26(8-9-26)13-24(39)19-6-3-16(10-21(19)28(35,36)37)4-7-20(27(32,33)34)17-11-22(29)25(31)23(30)12-17/h2-7,10-12,14,20H,8-9,13H2,1H3/b7-4+. The fourth-order valence-corrected chi connectivity index (χ4v) is 5.03. The smallest absolute Gasteiger partial charge is 0.294 e. The molecule has 2 aromatic carbocycles. The maximum atomic E-state index is 14.0. The van der Waals surface area contributed by atoms with Crippen LogP contribution in [-0.2, 0) is 11.6 Å². The van der Waals surface area contributed by atoms with Crippen LogP contribution in [0.2, 0.25) is 15.1 Å². The number of hydrogen-bond donors (Lipinski definition) is 0. The number of pyridine rings is 1. The summed E-state index contributed by atoms with van der Waals surface area (Å²) in [6, 6.07) is 8.46. The molecule has 1 heterocycles. The van der Waals surface area contributed by atoms with E-state index in [-0.39, 0.29) is 32.6 Å². The molecule has 1 fully saturated rings. The predicted molar refractivity (Wildman–Crippen MR) is 140 cm³/mol. The van der Waals surface area contributed by atoms with Gasteiger partial charge in [-0.15, -0.1) is 0 Å². The van der Waals surface area contributed by atoms with Gasteiger partial charge in [-0.3, -0.25) is 9.78 Å². The molecule has 2 nitrogen and oxygen atoms in total. The van der Waals surface area contributed by atoms with Crippen LogP contribution in [0, 0.1) is 6.92 Å². The molecule has 11 heteroatoms. The normalized spacial score (nSPS) is 15.9. The van der Waals surface area contributed by atoms with Crippen molar-refractivity contribution >= 4 is 46.7 Å². The Morgan fingerprint density at radius 2 is 1.64 bits per heavy atom. The molecule has 206 valence electrons. The highest BCUT2D eigenvalue weighted by Gasteiger charge is 2.47. The van der Waals surface area contributed by atoms with Crippen LogP contribution in [0.25, 0.3) is 6.08 Å². The number of Topliss-reactive ketones (excluding diaryl/α,β-unsaturated/α-hetero) is 1. The van der Waals surface area contributed by atoms with Gasteiger partial charge in [-0.25, -0.2) is 0 Å². The van der Waals surface area contributed by atoms with Gasteiger partial charge in [-0.05, 0) is 60.7 Å². The number of aryl methyl sites for hydroxylation is 1. The van der Waals surface area contributed by atoms with E-state index in [1.165, 1.54) is 6.07 Å². The van der Waals surface area contributed by atoms with Gasteiger partial charge in [-0.1, -0.05) is 65.2 Å². The van der Waals surface area contributed by atoms with Gasteiger partial charge >= 0.3 is 12.4 Å². The van der Waals surface area contributed by atoms with Crippen molar-refractivity contribution in [3.05, 3.63) is 103 Å². The number of hydrogen-bond acceptors (Lipinski definition) is 2. The second-order valence-corrected chi connectivity index (χ2v) is 10.7. The van der Waals surface area contributed by atoms with Gasteiger partial charge in [-0.2, -0.15) is 26.3 Å². The fourth-order valence-electron chi connectivity index (χ4n) is 4.42. The highest BCUT2D eigenvalue weighted by atomic mass is 35.5. The van der Waals surface area contributed by atoms with Gasteiger partial charge in [0.2, 0.25) is 0 Å². The SMILES string of the molecule is Cc1ccc(C2(CC(=O)c3ccc(/C=C/C(c4cc(Cl)c(Cl)c(Cl)c4)C(F)(F)F)cc3C(F)(F)F)CC2)cn1. The first kappa shape index (κ1) is 29.4. The number of nitrogens with zero attached hydrogens (tertiary/aromatic N) is 1. The van der Waals surface area contributed by atoms with Crippen molar-refractivity contribution < 1.29 is 31.1 Å². The molecule has 1 aromatic heterocycles. The Morgan fingerprint density at radius 1 is 1.00 bits per heavy atom. The quantitative estimate of drug-likeness (QED) is 0.152. The van der Waals surface area contributed by atoms with Crippen molar-refractivity contribution in [3.63, 3.8) is 0 Å². The minimum Gasteiger partial charge on any atom is -0.294 e. The van der Waals surface area contributed by atoms with Gasteiger partial charge in [0.05, 0.1) is 26.5 Å². The Hall–Kier alpha value is -2.55. The van der Waals surface area contributed by atoms with Crippen molar-refractivity contribution in [1.82, 2.24) is 4.98 Å². The van der Waals surface area contributed by atoms with E-state index in [2.05, 4.69) is 4.98 Å². The molecule has 0 bridgehead atoms. The number of benzene rings is 2. The highest BCUT2D eigenvalue weighted by Crippen LogP contribution is 2.52. The minimum absolute atomic E-state index is 0.117. The summed E-state index contributed by atoms with van der Waals surface area (Å²) in [6.45, 7) is 1.80. The number of allylic oxidation sites excluding steroid dienone is 1. The molecule has 0 aliphatic heterocycles. The van der Waals surface area contributed by atoms with Crippen LogP contribution in [-0.4, -0.2) is 16.9 Å². The molecule has 1 aliphatic rings.